The van der Waals surface area contributed by atoms with Crippen LogP contribution in [0.15, 0.2) is 0 Å². The van der Waals surface area contributed by atoms with Crippen molar-refractivity contribution in [2.24, 2.45) is 5.73 Å². The summed E-state index contributed by atoms with van der Waals surface area (Å²) < 4.78 is 0. The van der Waals surface area contributed by atoms with E-state index in [2.05, 4.69) is 10.3 Å². The van der Waals surface area contributed by atoms with Crippen LogP contribution in [0.2, 0.25) is 0 Å². The Balaban J connectivity index is 2.20. The van der Waals surface area contributed by atoms with Gasteiger partial charge >= 0.3 is 0 Å². The summed E-state index contributed by atoms with van der Waals surface area (Å²) in [6, 6.07) is 0.00451. The minimum Gasteiger partial charge on any atom is -0.353 e. The molecule has 0 bridgehead atoms. The maximum atomic E-state index is 11.3. The van der Waals surface area contributed by atoms with Gasteiger partial charge in [-0.15, -0.1) is 11.3 Å². The second-order valence-electron chi connectivity index (χ2n) is 4.01. The normalized spacial score (nSPS) is 18.4. The van der Waals surface area contributed by atoms with Gasteiger partial charge in [0, 0.05) is 24.0 Å². The van der Waals surface area contributed by atoms with Gasteiger partial charge in [-0.3, -0.25) is 4.79 Å². The van der Waals surface area contributed by atoms with Crippen LogP contribution in [-0.2, 0) is 4.79 Å². The van der Waals surface area contributed by atoms with Crippen LogP contribution in [0, 0.1) is 6.92 Å². The zero-order valence-corrected chi connectivity index (χ0v) is 10.3. The number of nitrogens with zero attached hydrogens (tertiary/aromatic N) is 2. The van der Waals surface area contributed by atoms with Gasteiger partial charge in [-0.1, -0.05) is 0 Å². The van der Waals surface area contributed by atoms with E-state index in [4.69, 9.17) is 5.73 Å². The van der Waals surface area contributed by atoms with Gasteiger partial charge in [0.25, 0.3) is 0 Å². The first-order valence-electron chi connectivity index (χ1n) is 5.32. The SMILES string of the molecule is Cc1nc(N2CCNC(=O)C2)sc1C(C)N. The van der Waals surface area contributed by atoms with E-state index in [0.717, 1.165) is 22.2 Å². The fourth-order valence-electron chi connectivity index (χ4n) is 1.75. The van der Waals surface area contributed by atoms with E-state index >= 15 is 0 Å². The molecule has 1 amide bonds. The van der Waals surface area contributed by atoms with Gasteiger partial charge in [0.05, 0.1) is 12.2 Å². The van der Waals surface area contributed by atoms with Crippen molar-refractivity contribution in [3.05, 3.63) is 10.6 Å². The molecule has 1 aromatic heterocycles. The summed E-state index contributed by atoms with van der Waals surface area (Å²) in [6.45, 7) is 5.81. The number of amides is 1. The molecular weight excluding hydrogens is 224 g/mol. The molecule has 1 aliphatic rings. The van der Waals surface area contributed by atoms with Crippen LogP contribution >= 0.6 is 11.3 Å². The zero-order valence-electron chi connectivity index (χ0n) is 9.49. The molecule has 0 radical (unpaired) electrons. The Morgan fingerprint density at radius 1 is 1.62 bits per heavy atom. The molecule has 1 fully saturated rings. The van der Waals surface area contributed by atoms with E-state index in [0.29, 0.717) is 13.1 Å². The van der Waals surface area contributed by atoms with Gasteiger partial charge in [-0.25, -0.2) is 4.98 Å². The lowest BCUT2D eigenvalue weighted by Gasteiger charge is -2.25. The van der Waals surface area contributed by atoms with Crippen LogP contribution in [-0.4, -0.2) is 30.5 Å². The topological polar surface area (TPSA) is 71.2 Å². The van der Waals surface area contributed by atoms with Crippen molar-refractivity contribution in [1.29, 1.82) is 0 Å². The van der Waals surface area contributed by atoms with Crippen LogP contribution in [0.3, 0.4) is 0 Å². The molecule has 88 valence electrons. The summed E-state index contributed by atoms with van der Waals surface area (Å²) in [5.41, 5.74) is 6.83. The minimum absolute atomic E-state index is 0.00451. The first-order chi connectivity index (χ1) is 7.58. The maximum Gasteiger partial charge on any atom is 0.239 e. The van der Waals surface area contributed by atoms with Crippen molar-refractivity contribution in [1.82, 2.24) is 10.3 Å². The lowest BCUT2D eigenvalue weighted by Crippen LogP contribution is -2.47. The smallest absolute Gasteiger partial charge is 0.239 e. The molecule has 1 aromatic rings. The minimum atomic E-state index is 0.00451. The van der Waals surface area contributed by atoms with Crippen LogP contribution in [0.25, 0.3) is 0 Å². The molecule has 1 atom stereocenters. The second-order valence-corrected chi connectivity index (χ2v) is 5.02. The van der Waals surface area contributed by atoms with Crippen molar-refractivity contribution in [2.45, 2.75) is 19.9 Å². The van der Waals surface area contributed by atoms with Crippen molar-refractivity contribution in [3.63, 3.8) is 0 Å². The molecule has 1 saturated heterocycles. The number of piperazine rings is 1. The summed E-state index contributed by atoms with van der Waals surface area (Å²) in [5, 5.41) is 3.70. The number of rotatable bonds is 2. The number of thiazole rings is 1. The maximum absolute atomic E-state index is 11.3. The molecule has 6 heteroatoms. The molecular formula is C10H16N4OS. The Morgan fingerprint density at radius 3 is 2.94 bits per heavy atom. The number of anilines is 1. The van der Waals surface area contributed by atoms with Gasteiger partial charge < -0.3 is 16.0 Å². The summed E-state index contributed by atoms with van der Waals surface area (Å²) in [5.74, 6) is 0.0569. The fraction of sp³-hybridized carbons (Fsp3) is 0.600. The van der Waals surface area contributed by atoms with E-state index in [1.54, 1.807) is 11.3 Å². The van der Waals surface area contributed by atoms with E-state index in [1.165, 1.54) is 0 Å². The Bertz CT molecular complexity index is 402. The van der Waals surface area contributed by atoms with Gasteiger partial charge in [-0.05, 0) is 13.8 Å². The standard InChI is InChI=1S/C10H16N4OS/c1-6(11)9-7(2)13-10(16-9)14-4-3-12-8(15)5-14/h6H,3-5,11H2,1-2H3,(H,12,15). The van der Waals surface area contributed by atoms with E-state index in [9.17, 15) is 4.79 Å². The first-order valence-corrected chi connectivity index (χ1v) is 6.14. The number of carbonyl (C=O) groups is 1. The van der Waals surface area contributed by atoms with Gasteiger partial charge in [0.1, 0.15) is 0 Å². The van der Waals surface area contributed by atoms with Gasteiger partial charge in [0.2, 0.25) is 5.91 Å². The average molecular weight is 240 g/mol. The molecule has 2 heterocycles. The molecule has 0 spiro atoms. The monoisotopic (exact) mass is 240 g/mol. The number of nitrogens with two attached hydrogens (primary N) is 1. The molecule has 2 rings (SSSR count). The highest BCUT2D eigenvalue weighted by atomic mass is 32.1. The molecule has 3 N–H and O–H groups in total. The van der Waals surface area contributed by atoms with Gasteiger partial charge in [-0.2, -0.15) is 0 Å². The third kappa shape index (κ3) is 2.17. The lowest BCUT2D eigenvalue weighted by atomic mass is 10.2. The Hall–Kier alpha value is -1.14. The van der Waals surface area contributed by atoms with Crippen LogP contribution in [0.4, 0.5) is 5.13 Å². The predicted octanol–water partition coefficient (Wildman–Crippen LogP) is 0.407. The number of nitrogens with one attached hydrogen (secondary N) is 1. The third-order valence-electron chi connectivity index (χ3n) is 2.54. The van der Waals surface area contributed by atoms with Crippen LogP contribution in [0.1, 0.15) is 23.5 Å². The number of aryl methyl sites for hydroxylation is 1. The van der Waals surface area contributed by atoms with Crippen LogP contribution < -0.4 is 16.0 Å². The molecule has 5 nitrogen and oxygen atoms in total. The quantitative estimate of drug-likeness (QED) is 0.785. The molecule has 16 heavy (non-hydrogen) atoms. The summed E-state index contributed by atoms with van der Waals surface area (Å²) in [6.07, 6.45) is 0. The summed E-state index contributed by atoms with van der Waals surface area (Å²) >= 11 is 1.59. The molecule has 0 aliphatic carbocycles. The van der Waals surface area contributed by atoms with Crippen molar-refractivity contribution >= 4 is 22.4 Å². The predicted molar refractivity (Wildman–Crippen MR) is 64.7 cm³/mol. The molecule has 0 aromatic carbocycles. The van der Waals surface area contributed by atoms with Crippen LogP contribution in [0.5, 0.6) is 0 Å². The van der Waals surface area contributed by atoms with Gasteiger partial charge in [0.15, 0.2) is 5.13 Å². The number of hydrogen-bond acceptors (Lipinski definition) is 5. The highest BCUT2D eigenvalue weighted by Crippen LogP contribution is 2.29. The lowest BCUT2D eigenvalue weighted by molar-refractivity contribution is -0.120. The number of carbonyl (C=O) groups excluding carboxylic acids is 1. The molecule has 1 aliphatic heterocycles. The van der Waals surface area contributed by atoms with Crippen molar-refractivity contribution in [2.75, 3.05) is 24.5 Å². The van der Waals surface area contributed by atoms with E-state index in [1.807, 2.05) is 18.7 Å². The average Bonchev–Trinajstić information content (AvgIpc) is 2.60. The van der Waals surface area contributed by atoms with E-state index < -0.39 is 0 Å². The van der Waals surface area contributed by atoms with Crippen molar-refractivity contribution < 1.29 is 4.79 Å². The van der Waals surface area contributed by atoms with E-state index in [-0.39, 0.29) is 11.9 Å². The zero-order chi connectivity index (χ0) is 11.7. The molecule has 1 unspecified atom stereocenters. The Labute approximate surface area is 98.7 Å². The Kier molecular flexibility index (Phi) is 3.11. The third-order valence-corrected chi connectivity index (χ3v) is 3.96. The fourth-order valence-corrected chi connectivity index (χ4v) is 2.80. The first kappa shape index (κ1) is 11.3. The largest absolute Gasteiger partial charge is 0.353 e. The second kappa shape index (κ2) is 4.39. The summed E-state index contributed by atoms with van der Waals surface area (Å²) in [7, 11) is 0. The highest BCUT2D eigenvalue weighted by molar-refractivity contribution is 7.15. The molecule has 0 saturated carbocycles. The highest BCUT2D eigenvalue weighted by Gasteiger charge is 2.21. The Morgan fingerprint density at radius 2 is 2.38 bits per heavy atom. The van der Waals surface area contributed by atoms with Crippen molar-refractivity contribution in [3.8, 4) is 0 Å². The number of hydrogen-bond donors (Lipinski definition) is 2. The number of aromatic nitrogens is 1. The summed E-state index contributed by atoms with van der Waals surface area (Å²) in [4.78, 5) is 18.8.